The number of benzene rings is 1. The minimum Gasteiger partial charge on any atom is -0.478 e. The van der Waals surface area contributed by atoms with Gasteiger partial charge in [0, 0.05) is 18.4 Å². The monoisotopic (exact) mass is 273 g/mol. The Kier molecular flexibility index (Phi) is 4.14. The van der Waals surface area contributed by atoms with Crippen LogP contribution in [0.1, 0.15) is 27.6 Å². The van der Waals surface area contributed by atoms with Crippen LogP contribution in [0.15, 0.2) is 42.7 Å². The van der Waals surface area contributed by atoms with Crippen molar-refractivity contribution in [3.05, 3.63) is 53.9 Å². The van der Waals surface area contributed by atoms with Gasteiger partial charge in [0.1, 0.15) is 0 Å². The molecular weight excluding hydrogens is 258 g/mol. The minimum atomic E-state index is -1.12. The van der Waals surface area contributed by atoms with Crippen molar-refractivity contribution in [2.24, 2.45) is 0 Å². The first kappa shape index (κ1) is 13.8. The summed E-state index contributed by atoms with van der Waals surface area (Å²) in [5.74, 6) is -1.52. The molecule has 0 aliphatic heterocycles. The molecule has 104 valence electrons. The van der Waals surface area contributed by atoms with Crippen molar-refractivity contribution in [1.29, 1.82) is 0 Å². The summed E-state index contributed by atoms with van der Waals surface area (Å²) in [7, 11) is 0. The molecule has 0 aliphatic carbocycles. The lowest BCUT2D eigenvalue weighted by Gasteiger charge is -2.14. The van der Waals surface area contributed by atoms with Gasteiger partial charge in [0.2, 0.25) is 0 Å². The zero-order valence-electron chi connectivity index (χ0n) is 11.0. The van der Waals surface area contributed by atoms with Crippen LogP contribution in [-0.4, -0.2) is 32.8 Å². The second kappa shape index (κ2) is 6.01. The summed E-state index contributed by atoms with van der Waals surface area (Å²) in [5, 5.41) is 15.9. The first-order chi connectivity index (χ1) is 9.58. The Morgan fingerprint density at radius 2 is 2.00 bits per heavy atom. The van der Waals surface area contributed by atoms with Crippen LogP contribution in [0.4, 0.5) is 0 Å². The van der Waals surface area contributed by atoms with Crippen LogP contribution in [0.3, 0.4) is 0 Å². The molecule has 6 nitrogen and oxygen atoms in total. The van der Waals surface area contributed by atoms with Gasteiger partial charge in [0.25, 0.3) is 5.91 Å². The summed E-state index contributed by atoms with van der Waals surface area (Å²) in [6.45, 7) is 2.36. The van der Waals surface area contributed by atoms with E-state index in [1.807, 2.05) is 6.92 Å². The van der Waals surface area contributed by atoms with E-state index in [9.17, 15) is 9.59 Å². The Morgan fingerprint density at radius 3 is 2.60 bits per heavy atom. The van der Waals surface area contributed by atoms with Crippen LogP contribution in [0, 0.1) is 0 Å². The summed E-state index contributed by atoms with van der Waals surface area (Å²) >= 11 is 0. The van der Waals surface area contributed by atoms with Gasteiger partial charge in [0.15, 0.2) is 0 Å². The number of amides is 1. The van der Waals surface area contributed by atoms with Crippen molar-refractivity contribution in [3.63, 3.8) is 0 Å². The topological polar surface area (TPSA) is 84.2 Å². The van der Waals surface area contributed by atoms with Crippen LogP contribution < -0.4 is 5.32 Å². The van der Waals surface area contributed by atoms with Crippen LogP contribution in [-0.2, 0) is 6.54 Å². The maximum absolute atomic E-state index is 12.1. The Bertz CT molecular complexity index is 608. The second-order valence-electron chi connectivity index (χ2n) is 4.45. The number of hydrogen-bond acceptors (Lipinski definition) is 3. The molecule has 0 aliphatic rings. The summed E-state index contributed by atoms with van der Waals surface area (Å²) in [6, 6.07) is 7.78. The first-order valence-corrected chi connectivity index (χ1v) is 6.18. The molecule has 1 aromatic carbocycles. The van der Waals surface area contributed by atoms with Crippen LogP contribution in [0.2, 0.25) is 0 Å². The number of carboxylic acid groups (broad SMARTS) is 1. The number of nitrogens with one attached hydrogen (secondary N) is 1. The maximum atomic E-state index is 12.1. The molecule has 0 radical (unpaired) electrons. The van der Waals surface area contributed by atoms with Crippen molar-refractivity contribution in [1.82, 2.24) is 15.1 Å². The Hall–Kier alpha value is -2.63. The number of nitrogens with zero attached hydrogens (tertiary/aromatic N) is 2. The lowest BCUT2D eigenvalue weighted by atomic mass is 10.1. The molecule has 20 heavy (non-hydrogen) atoms. The van der Waals surface area contributed by atoms with Gasteiger partial charge in [-0.25, -0.2) is 4.79 Å². The number of rotatable bonds is 5. The number of carbonyl (C=O) groups is 2. The average Bonchev–Trinajstić information content (AvgIpc) is 2.91. The number of aromatic nitrogens is 2. The molecule has 2 N–H and O–H groups in total. The van der Waals surface area contributed by atoms with E-state index < -0.39 is 11.9 Å². The highest BCUT2D eigenvalue weighted by molar-refractivity contribution is 6.04. The minimum absolute atomic E-state index is 0.00344. The van der Waals surface area contributed by atoms with Gasteiger partial charge in [0.05, 0.1) is 17.7 Å². The van der Waals surface area contributed by atoms with E-state index in [0.717, 1.165) is 0 Å². The predicted octanol–water partition coefficient (Wildman–Crippen LogP) is 1.40. The van der Waals surface area contributed by atoms with Gasteiger partial charge in [-0.3, -0.25) is 9.48 Å². The third-order valence-electron chi connectivity index (χ3n) is 2.80. The van der Waals surface area contributed by atoms with Gasteiger partial charge in [-0.15, -0.1) is 0 Å². The molecule has 1 heterocycles. The molecular formula is C14H15N3O3. The maximum Gasteiger partial charge on any atom is 0.336 e. The number of aromatic carboxylic acids is 1. The molecule has 2 rings (SSSR count). The van der Waals surface area contributed by atoms with E-state index >= 15 is 0 Å². The van der Waals surface area contributed by atoms with E-state index in [0.29, 0.717) is 6.54 Å². The Balaban J connectivity index is 2.06. The fourth-order valence-electron chi connectivity index (χ4n) is 1.90. The van der Waals surface area contributed by atoms with Crippen LogP contribution >= 0.6 is 0 Å². The molecule has 0 bridgehead atoms. The predicted molar refractivity (Wildman–Crippen MR) is 72.6 cm³/mol. The molecule has 0 saturated carbocycles. The molecule has 0 saturated heterocycles. The van der Waals surface area contributed by atoms with E-state index in [4.69, 9.17) is 5.11 Å². The fourth-order valence-corrected chi connectivity index (χ4v) is 1.90. The smallest absolute Gasteiger partial charge is 0.336 e. The fraction of sp³-hybridized carbons (Fsp3) is 0.214. The third-order valence-corrected chi connectivity index (χ3v) is 2.80. The zero-order chi connectivity index (χ0) is 14.5. The lowest BCUT2D eigenvalue weighted by Crippen LogP contribution is -2.36. The van der Waals surface area contributed by atoms with Gasteiger partial charge in [-0.05, 0) is 25.1 Å². The van der Waals surface area contributed by atoms with E-state index in [1.165, 1.54) is 12.1 Å². The second-order valence-corrected chi connectivity index (χ2v) is 4.45. The highest BCUT2D eigenvalue weighted by Crippen LogP contribution is 2.09. The van der Waals surface area contributed by atoms with Crippen molar-refractivity contribution in [2.45, 2.75) is 19.5 Å². The van der Waals surface area contributed by atoms with Gasteiger partial charge >= 0.3 is 5.97 Å². The lowest BCUT2D eigenvalue weighted by molar-refractivity contribution is 0.0690. The molecule has 1 atom stereocenters. The molecule has 1 unspecified atom stereocenters. The van der Waals surface area contributed by atoms with E-state index in [1.54, 1.807) is 35.3 Å². The van der Waals surface area contributed by atoms with Crippen LogP contribution in [0.25, 0.3) is 0 Å². The number of carboxylic acids is 1. The molecule has 2 aromatic rings. The summed E-state index contributed by atoms with van der Waals surface area (Å²) in [4.78, 5) is 23.2. The largest absolute Gasteiger partial charge is 0.478 e. The average molecular weight is 273 g/mol. The quantitative estimate of drug-likeness (QED) is 0.862. The standard InChI is InChI=1S/C14H15N3O3/c1-10(9-17-8-4-7-15-17)16-13(18)11-5-2-3-6-12(11)14(19)20/h2-8,10H,9H2,1H3,(H,16,18)(H,19,20). The Labute approximate surface area is 116 Å². The van der Waals surface area contributed by atoms with Gasteiger partial charge in [-0.2, -0.15) is 5.10 Å². The summed E-state index contributed by atoms with van der Waals surface area (Å²) in [5.41, 5.74) is 0.156. The highest BCUT2D eigenvalue weighted by atomic mass is 16.4. The number of carbonyl (C=O) groups excluding carboxylic acids is 1. The Morgan fingerprint density at radius 1 is 1.30 bits per heavy atom. The van der Waals surface area contributed by atoms with Crippen molar-refractivity contribution >= 4 is 11.9 Å². The number of hydrogen-bond donors (Lipinski definition) is 2. The molecule has 1 amide bonds. The molecule has 0 spiro atoms. The normalized spacial score (nSPS) is 11.8. The highest BCUT2D eigenvalue weighted by Gasteiger charge is 2.17. The molecule has 1 aromatic heterocycles. The van der Waals surface area contributed by atoms with Gasteiger partial charge < -0.3 is 10.4 Å². The third kappa shape index (κ3) is 3.23. The van der Waals surface area contributed by atoms with Crippen LogP contribution in [0.5, 0.6) is 0 Å². The first-order valence-electron chi connectivity index (χ1n) is 6.18. The summed E-state index contributed by atoms with van der Waals surface area (Å²) < 4.78 is 1.70. The van der Waals surface area contributed by atoms with Crippen molar-refractivity contribution in [2.75, 3.05) is 0 Å². The van der Waals surface area contributed by atoms with E-state index in [-0.39, 0.29) is 17.2 Å². The van der Waals surface area contributed by atoms with Crippen molar-refractivity contribution in [3.8, 4) is 0 Å². The molecule has 0 fully saturated rings. The SMILES string of the molecule is CC(Cn1cccn1)NC(=O)c1ccccc1C(=O)O. The van der Waals surface area contributed by atoms with Gasteiger partial charge in [-0.1, -0.05) is 12.1 Å². The molecule has 6 heteroatoms. The van der Waals surface area contributed by atoms with E-state index in [2.05, 4.69) is 10.4 Å². The zero-order valence-corrected chi connectivity index (χ0v) is 11.0. The van der Waals surface area contributed by atoms with Crippen molar-refractivity contribution < 1.29 is 14.7 Å². The summed E-state index contributed by atoms with van der Waals surface area (Å²) in [6.07, 6.45) is 3.46.